The van der Waals surface area contributed by atoms with E-state index in [2.05, 4.69) is 6.92 Å². The van der Waals surface area contributed by atoms with E-state index in [1.54, 1.807) is 7.05 Å². The lowest BCUT2D eigenvalue weighted by atomic mass is 9.63. The molecule has 1 heterocycles. The van der Waals surface area contributed by atoms with Crippen LogP contribution in [0.5, 0.6) is 0 Å². The lowest BCUT2D eigenvalue weighted by molar-refractivity contribution is -0.165. The number of fused-ring (bicyclic) bond motifs is 1. The van der Waals surface area contributed by atoms with Gasteiger partial charge in [-0.25, -0.2) is 0 Å². The number of likely N-dealkylation sites (tertiary alicyclic amines) is 1. The number of Topliss-reactive ketones (excluding diaryl/α,β-unsaturated/α-hetero) is 2. The first-order chi connectivity index (χ1) is 12.8. The SMILES string of the molecule is CCCCCCCC1=C(O)C(=O)C2[C@H](C1C(=O)CCO)[C@@H](O)CN(C)[C@H]2O. The molecule has 0 saturated carbocycles. The van der Waals surface area contributed by atoms with E-state index in [4.69, 9.17) is 0 Å². The average molecular weight is 383 g/mol. The molecule has 0 aromatic rings. The van der Waals surface area contributed by atoms with E-state index in [1.165, 1.54) is 4.90 Å². The summed E-state index contributed by atoms with van der Waals surface area (Å²) in [4.78, 5) is 27.0. The standard InChI is InChI=1S/C20H33NO6/c1-3-4-5-6-7-8-12-15(13(23)9-10-22)16-14(24)11-21(2)20(27)17(16)19(26)18(12)25/h14-17,20,22,24-25,27H,3-11H2,1-2H3/t14-,15?,16-,17?,20-/m0/s1. The third-order valence-electron chi connectivity index (χ3n) is 5.96. The van der Waals surface area contributed by atoms with E-state index >= 15 is 0 Å². The minimum absolute atomic E-state index is 0.104. The van der Waals surface area contributed by atoms with E-state index in [9.17, 15) is 30.0 Å². The second kappa shape index (κ2) is 9.78. The fourth-order valence-electron chi connectivity index (χ4n) is 4.54. The summed E-state index contributed by atoms with van der Waals surface area (Å²) in [6.45, 7) is 1.93. The van der Waals surface area contributed by atoms with Gasteiger partial charge in [0.05, 0.1) is 12.0 Å². The van der Waals surface area contributed by atoms with Crippen molar-refractivity contribution in [1.29, 1.82) is 0 Å². The fourth-order valence-corrected chi connectivity index (χ4v) is 4.54. The maximum atomic E-state index is 12.8. The monoisotopic (exact) mass is 383 g/mol. The number of hydrogen-bond acceptors (Lipinski definition) is 7. The van der Waals surface area contributed by atoms with Crippen molar-refractivity contribution in [1.82, 2.24) is 4.90 Å². The molecule has 2 rings (SSSR count). The van der Waals surface area contributed by atoms with Gasteiger partial charge in [0.2, 0.25) is 5.78 Å². The fraction of sp³-hybridized carbons (Fsp3) is 0.800. The highest BCUT2D eigenvalue weighted by atomic mass is 16.3. The molecule has 0 aromatic heterocycles. The number of allylic oxidation sites excluding steroid dienone is 2. The summed E-state index contributed by atoms with van der Waals surface area (Å²) < 4.78 is 0. The minimum atomic E-state index is -1.16. The van der Waals surface area contributed by atoms with Crippen molar-refractivity contribution >= 4 is 11.6 Å². The van der Waals surface area contributed by atoms with E-state index in [1.807, 2.05) is 0 Å². The van der Waals surface area contributed by atoms with Crippen molar-refractivity contribution in [3.05, 3.63) is 11.3 Å². The number of rotatable bonds is 9. The third-order valence-corrected chi connectivity index (χ3v) is 5.96. The maximum Gasteiger partial charge on any atom is 0.204 e. The van der Waals surface area contributed by atoms with Crippen molar-refractivity contribution in [2.24, 2.45) is 17.8 Å². The topological polar surface area (TPSA) is 118 Å². The molecule has 0 radical (unpaired) electrons. The summed E-state index contributed by atoms with van der Waals surface area (Å²) in [5.41, 5.74) is 0.368. The normalized spacial score (nSPS) is 31.9. The number of aliphatic hydroxyl groups is 4. The second-order valence-electron chi connectivity index (χ2n) is 7.84. The molecule has 154 valence electrons. The Hall–Kier alpha value is -1.28. The van der Waals surface area contributed by atoms with Crippen LogP contribution in [0.2, 0.25) is 0 Å². The summed E-state index contributed by atoms with van der Waals surface area (Å²) in [5, 5.41) is 40.9. The Kier molecular flexibility index (Phi) is 7.97. The lowest BCUT2D eigenvalue weighted by Gasteiger charge is -2.48. The lowest BCUT2D eigenvalue weighted by Crippen LogP contribution is -2.61. The Bertz CT molecular complexity index is 575. The Morgan fingerprint density at radius 1 is 1.19 bits per heavy atom. The van der Waals surface area contributed by atoms with Gasteiger partial charge in [-0.05, 0) is 25.5 Å². The van der Waals surface area contributed by atoms with Crippen molar-refractivity contribution < 1.29 is 30.0 Å². The molecule has 7 nitrogen and oxygen atoms in total. The first-order valence-corrected chi connectivity index (χ1v) is 10.0. The number of likely N-dealkylation sites (N-methyl/N-ethyl adjacent to an activating group) is 1. The van der Waals surface area contributed by atoms with Crippen LogP contribution < -0.4 is 0 Å². The molecule has 7 heteroatoms. The number of carbonyl (C=O) groups excluding carboxylic acids is 2. The Morgan fingerprint density at radius 2 is 1.85 bits per heavy atom. The molecule has 1 saturated heterocycles. The molecular weight excluding hydrogens is 350 g/mol. The van der Waals surface area contributed by atoms with Crippen molar-refractivity contribution in [2.75, 3.05) is 20.2 Å². The van der Waals surface area contributed by atoms with Crippen molar-refractivity contribution in [3.63, 3.8) is 0 Å². The highest BCUT2D eigenvalue weighted by molar-refractivity contribution is 6.00. The van der Waals surface area contributed by atoms with Gasteiger partial charge in [0, 0.05) is 31.4 Å². The first kappa shape index (κ1) is 22.0. The summed E-state index contributed by atoms with van der Waals surface area (Å²) in [6.07, 6.45) is 3.11. The summed E-state index contributed by atoms with van der Waals surface area (Å²) in [6, 6.07) is 0. The van der Waals surface area contributed by atoms with Crippen LogP contribution in [0.25, 0.3) is 0 Å². The minimum Gasteiger partial charge on any atom is -0.504 e. The molecule has 5 atom stereocenters. The van der Waals surface area contributed by atoms with Gasteiger partial charge in [-0.3, -0.25) is 14.5 Å². The van der Waals surface area contributed by atoms with Gasteiger partial charge in [-0.1, -0.05) is 32.6 Å². The van der Waals surface area contributed by atoms with E-state index in [-0.39, 0.29) is 25.4 Å². The van der Waals surface area contributed by atoms with Crippen LogP contribution in [0.3, 0.4) is 0 Å². The van der Waals surface area contributed by atoms with E-state index < -0.39 is 41.6 Å². The van der Waals surface area contributed by atoms with Crippen LogP contribution in [-0.2, 0) is 9.59 Å². The van der Waals surface area contributed by atoms with Gasteiger partial charge >= 0.3 is 0 Å². The zero-order valence-electron chi connectivity index (χ0n) is 16.3. The molecule has 0 amide bonds. The summed E-state index contributed by atoms with van der Waals surface area (Å²) in [7, 11) is 1.59. The van der Waals surface area contributed by atoms with Gasteiger partial charge in [0.25, 0.3) is 0 Å². The van der Waals surface area contributed by atoms with Gasteiger partial charge < -0.3 is 20.4 Å². The zero-order valence-corrected chi connectivity index (χ0v) is 16.3. The first-order valence-electron chi connectivity index (χ1n) is 10.0. The molecule has 0 bridgehead atoms. The van der Waals surface area contributed by atoms with Crippen LogP contribution in [0.15, 0.2) is 11.3 Å². The number of hydrogen-bond donors (Lipinski definition) is 4. The average Bonchev–Trinajstić information content (AvgIpc) is 2.62. The number of unbranched alkanes of at least 4 members (excludes halogenated alkanes) is 4. The number of β-amino-alcohol motifs (C(OH)–C–C–N with tert-alkyl or cyclic N) is 1. The molecule has 2 unspecified atom stereocenters. The predicted molar refractivity (Wildman–Crippen MR) is 99.9 cm³/mol. The number of carbonyl (C=O) groups is 2. The van der Waals surface area contributed by atoms with Crippen molar-refractivity contribution in [2.45, 2.75) is 64.2 Å². The Morgan fingerprint density at radius 3 is 2.48 bits per heavy atom. The Balaban J connectivity index is 2.34. The third kappa shape index (κ3) is 4.59. The van der Waals surface area contributed by atoms with Crippen LogP contribution in [0.4, 0.5) is 0 Å². The number of ketones is 2. The Labute approximate surface area is 160 Å². The molecule has 1 aliphatic carbocycles. The van der Waals surface area contributed by atoms with Crippen LogP contribution >= 0.6 is 0 Å². The molecule has 1 aliphatic heterocycles. The molecule has 2 aliphatic rings. The summed E-state index contributed by atoms with van der Waals surface area (Å²) >= 11 is 0. The largest absolute Gasteiger partial charge is 0.504 e. The van der Waals surface area contributed by atoms with Gasteiger partial charge in [-0.2, -0.15) is 0 Å². The molecule has 0 spiro atoms. The quantitative estimate of drug-likeness (QED) is 0.441. The van der Waals surface area contributed by atoms with Crippen LogP contribution in [0.1, 0.15) is 51.9 Å². The van der Waals surface area contributed by atoms with Crippen LogP contribution in [0, 0.1) is 17.8 Å². The van der Waals surface area contributed by atoms with Gasteiger partial charge in [0.15, 0.2) is 5.76 Å². The molecule has 4 N–H and O–H groups in total. The molecule has 0 aromatic carbocycles. The van der Waals surface area contributed by atoms with E-state index in [0.29, 0.717) is 12.0 Å². The number of piperidine rings is 1. The van der Waals surface area contributed by atoms with Gasteiger partial charge in [-0.15, -0.1) is 0 Å². The number of nitrogens with zero attached hydrogens (tertiary/aromatic N) is 1. The molecule has 27 heavy (non-hydrogen) atoms. The highest BCUT2D eigenvalue weighted by Gasteiger charge is 2.55. The molecule has 1 fully saturated rings. The smallest absolute Gasteiger partial charge is 0.204 e. The van der Waals surface area contributed by atoms with Crippen molar-refractivity contribution in [3.8, 4) is 0 Å². The number of aliphatic hydroxyl groups excluding tert-OH is 4. The predicted octanol–water partition coefficient (Wildman–Crippen LogP) is 1.17. The van der Waals surface area contributed by atoms with Crippen LogP contribution in [-0.4, -0.2) is 69.4 Å². The summed E-state index contributed by atoms with van der Waals surface area (Å²) in [5.74, 6) is -4.01. The highest BCUT2D eigenvalue weighted by Crippen LogP contribution is 2.45. The van der Waals surface area contributed by atoms with E-state index in [0.717, 1.165) is 32.1 Å². The molecular formula is C20H33NO6. The maximum absolute atomic E-state index is 12.8. The second-order valence-corrected chi connectivity index (χ2v) is 7.84. The van der Waals surface area contributed by atoms with Gasteiger partial charge in [0.1, 0.15) is 12.0 Å². The zero-order chi connectivity index (χ0) is 20.1.